The molecule has 3 aromatic rings. The highest BCUT2D eigenvalue weighted by atomic mass is 32.1. The summed E-state index contributed by atoms with van der Waals surface area (Å²) < 4.78 is 0. The molecule has 0 saturated heterocycles. The number of nitrogens with zero attached hydrogens (tertiary/aromatic N) is 2. The minimum atomic E-state index is -0.127. The van der Waals surface area contributed by atoms with E-state index in [0.717, 1.165) is 12.0 Å². The fourth-order valence-corrected chi connectivity index (χ4v) is 5.47. The third kappa shape index (κ3) is 4.11. The van der Waals surface area contributed by atoms with Gasteiger partial charge in [0.15, 0.2) is 0 Å². The predicted octanol–water partition coefficient (Wildman–Crippen LogP) is 4.92. The van der Waals surface area contributed by atoms with Gasteiger partial charge in [-0.15, -0.1) is 29.3 Å². The standard InChI is InChI=1S/C24H24N2O2S2/c1-3-12-25(24(28)21-5-4-14-29-21)16-22(27)26-13-10-20-19(11-15-30-20)23(26)18-8-6-17(2)7-9-18/h3-9,11,14-15,23H,1,10,12-13,16H2,2H3. The van der Waals surface area contributed by atoms with Crippen LogP contribution in [-0.4, -0.2) is 41.2 Å². The van der Waals surface area contributed by atoms with Gasteiger partial charge in [0.2, 0.25) is 5.91 Å². The number of thiophene rings is 2. The van der Waals surface area contributed by atoms with Gasteiger partial charge in [-0.05, 0) is 47.4 Å². The Morgan fingerprint density at radius 2 is 1.97 bits per heavy atom. The molecule has 2 amide bonds. The first-order chi connectivity index (χ1) is 14.6. The van der Waals surface area contributed by atoms with Crippen molar-refractivity contribution in [2.45, 2.75) is 19.4 Å². The van der Waals surface area contributed by atoms with E-state index in [2.05, 4.69) is 49.2 Å². The van der Waals surface area contributed by atoms with Crippen molar-refractivity contribution >= 4 is 34.5 Å². The summed E-state index contributed by atoms with van der Waals surface area (Å²) in [6.45, 7) is 6.87. The van der Waals surface area contributed by atoms with Crippen LogP contribution in [0.5, 0.6) is 0 Å². The van der Waals surface area contributed by atoms with E-state index in [9.17, 15) is 9.59 Å². The summed E-state index contributed by atoms with van der Waals surface area (Å²) in [5.41, 5.74) is 3.49. The van der Waals surface area contributed by atoms with Gasteiger partial charge in [-0.25, -0.2) is 0 Å². The third-order valence-electron chi connectivity index (χ3n) is 5.37. The van der Waals surface area contributed by atoms with E-state index >= 15 is 0 Å². The molecule has 0 N–H and O–H groups in total. The van der Waals surface area contributed by atoms with Gasteiger partial charge in [0.1, 0.15) is 6.54 Å². The minimum Gasteiger partial charge on any atom is -0.330 e. The molecule has 0 fully saturated rings. The molecule has 4 nitrogen and oxygen atoms in total. The van der Waals surface area contributed by atoms with Gasteiger partial charge < -0.3 is 9.80 Å². The average Bonchev–Trinajstić information content (AvgIpc) is 3.44. The lowest BCUT2D eigenvalue weighted by molar-refractivity contribution is -0.133. The second kappa shape index (κ2) is 8.98. The molecule has 2 aromatic heterocycles. The molecule has 154 valence electrons. The van der Waals surface area contributed by atoms with Gasteiger partial charge >= 0.3 is 0 Å². The first-order valence-corrected chi connectivity index (χ1v) is 11.7. The van der Waals surface area contributed by atoms with Crippen LogP contribution in [0, 0.1) is 6.92 Å². The highest BCUT2D eigenvalue weighted by Gasteiger charge is 2.34. The quantitative estimate of drug-likeness (QED) is 0.515. The number of fused-ring (bicyclic) bond motifs is 1. The van der Waals surface area contributed by atoms with Gasteiger partial charge in [-0.2, -0.15) is 0 Å². The molecule has 6 heteroatoms. The molecule has 0 aliphatic carbocycles. The highest BCUT2D eigenvalue weighted by molar-refractivity contribution is 7.12. The lowest BCUT2D eigenvalue weighted by Crippen LogP contribution is -2.46. The van der Waals surface area contributed by atoms with Crippen molar-refractivity contribution in [3.8, 4) is 0 Å². The van der Waals surface area contributed by atoms with Crippen LogP contribution in [-0.2, 0) is 11.2 Å². The monoisotopic (exact) mass is 436 g/mol. The number of carbonyl (C=O) groups excluding carboxylic acids is 2. The molecule has 1 aliphatic rings. The predicted molar refractivity (Wildman–Crippen MR) is 123 cm³/mol. The van der Waals surface area contributed by atoms with Crippen LogP contribution in [0.3, 0.4) is 0 Å². The molecule has 1 atom stereocenters. The highest BCUT2D eigenvalue weighted by Crippen LogP contribution is 2.38. The maximum absolute atomic E-state index is 13.4. The first-order valence-electron chi connectivity index (χ1n) is 9.94. The molecule has 0 bridgehead atoms. The molecule has 30 heavy (non-hydrogen) atoms. The Balaban J connectivity index is 1.61. The zero-order chi connectivity index (χ0) is 21.1. The van der Waals surface area contributed by atoms with Crippen LogP contribution in [0.2, 0.25) is 0 Å². The average molecular weight is 437 g/mol. The zero-order valence-corrected chi connectivity index (χ0v) is 18.5. The van der Waals surface area contributed by atoms with Crippen molar-refractivity contribution in [2.24, 2.45) is 0 Å². The molecule has 1 aliphatic heterocycles. The van der Waals surface area contributed by atoms with E-state index in [4.69, 9.17) is 0 Å². The van der Waals surface area contributed by atoms with Crippen molar-refractivity contribution < 1.29 is 9.59 Å². The number of hydrogen-bond donors (Lipinski definition) is 0. The molecule has 0 radical (unpaired) electrons. The molecular formula is C24H24N2O2S2. The van der Waals surface area contributed by atoms with Gasteiger partial charge in [0, 0.05) is 18.0 Å². The van der Waals surface area contributed by atoms with E-state index < -0.39 is 0 Å². The van der Waals surface area contributed by atoms with E-state index in [1.54, 1.807) is 28.4 Å². The molecule has 1 unspecified atom stereocenters. The summed E-state index contributed by atoms with van der Waals surface area (Å²) in [5.74, 6) is -0.164. The second-order valence-corrected chi connectivity index (χ2v) is 9.35. The summed E-state index contributed by atoms with van der Waals surface area (Å²) in [6, 6.07) is 14.0. The zero-order valence-electron chi connectivity index (χ0n) is 16.9. The molecule has 3 heterocycles. The fourth-order valence-electron chi connectivity index (χ4n) is 3.88. The van der Waals surface area contributed by atoms with Crippen molar-refractivity contribution in [2.75, 3.05) is 19.6 Å². The Hall–Kier alpha value is -2.70. The van der Waals surface area contributed by atoms with Crippen LogP contribution in [0.1, 0.15) is 37.3 Å². The number of hydrogen-bond acceptors (Lipinski definition) is 4. The molecule has 1 aromatic carbocycles. The second-order valence-electron chi connectivity index (χ2n) is 7.40. The van der Waals surface area contributed by atoms with Crippen LogP contribution < -0.4 is 0 Å². The normalized spacial score (nSPS) is 15.5. The van der Waals surface area contributed by atoms with Crippen molar-refractivity contribution in [1.29, 1.82) is 0 Å². The lowest BCUT2D eigenvalue weighted by Gasteiger charge is -2.37. The topological polar surface area (TPSA) is 40.6 Å². The van der Waals surface area contributed by atoms with Gasteiger partial charge in [0.05, 0.1) is 10.9 Å². The summed E-state index contributed by atoms with van der Waals surface area (Å²) in [4.78, 5) is 31.8. The van der Waals surface area contributed by atoms with Crippen molar-refractivity contribution in [3.63, 3.8) is 0 Å². The van der Waals surface area contributed by atoms with Crippen molar-refractivity contribution in [1.82, 2.24) is 9.80 Å². The maximum Gasteiger partial charge on any atom is 0.264 e. The summed E-state index contributed by atoms with van der Waals surface area (Å²) >= 11 is 3.14. The number of rotatable bonds is 6. The largest absolute Gasteiger partial charge is 0.330 e. The Kier molecular flexibility index (Phi) is 6.16. The summed E-state index contributed by atoms with van der Waals surface area (Å²) in [5, 5.41) is 3.97. The number of aryl methyl sites for hydroxylation is 1. The number of benzene rings is 1. The third-order valence-corrected chi connectivity index (χ3v) is 7.23. The lowest BCUT2D eigenvalue weighted by atomic mass is 9.92. The van der Waals surface area contributed by atoms with E-state index in [1.165, 1.54) is 27.3 Å². The van der Waals surface area contributed by atoms with Gasteiger partial charge in [-0.1, -0.05) is 42.0 Å². The van der Waals surface area contributed by atoms with Crippen LogP contribution in [0.25, 0.3) is 0 Å². The van der Waals surface area contributed by atoms with Crippen LogP contribution in [0.15, 0.2) is 65.9 Å². The minimum absolute atomic E-state index is 0.0378. The molecule has 4 rings (SSSR count). The SMILES string of the molecule is C=CCN(CC(=O)N1CCc2sccc2C1c1ccc(C)cc1)C(=O)c1cccs1. The Labute approximate surface area is 185 Å². The Morgan fingerprint density at radius 3 is 2.67 bits per heavy atom. The number of amides is 2. The van der Waals surface area contributed by atoms with Gasteiger partial charge in [-0.3, -0.25) is 9.59 Å². The first kappa shape index (κ1) is 20.6. The van der Waals surface area contributed by atoms with Crippen molar-refractivity contribution in [3.05, 3.63) is 92.3 Å². The van der Waals surface area contributed by atoms with Crippen LogP contribution >= 0.6 is 22.7 Å². The van der Waals surface area contributed by atoms with E-state index in [0.29, 0.717) is 18.0 Å². The maximum atomic E-state index is 13.4. The molecule has 0 spiro atoms. The van der Waals surface area contributed by atoms with Gasteiger partial charge in [0.25, 0.3) is 5.91 Å². The molecule has 0 saturated carbocycles. The number of carbonyl (C=O) groups is 2. The fraction of sp³-hybridized carbons (Fsp3) is 0.250. The smallest absolute Gasteiger partial charge is 0.264 e. The Morgan fingerprint density at radius 1 is 1.17 bits per heavy atom. The van der Waals surface area contributed by atoms with Crippen LogP contribution in [0.4, 0.5) is 0 Å². The van der Waals surface area contributed by atoms with E-state index in [1.807, 2.05) is 16.3 Å². The van der Waals surface area contributed by atoms with E-state index in [-0.39, 0.29) is 24.4 Å². The Bertz CT molecular complexity index is 1040. The summed E-state index contributed by atoms with van der Waals surface area (Å²) in [6.07, 6.45) is 2.52. The molecular weight excluding hydrogens is 412 g/mol. The summed E-state index contributed by atoms with van der Waals surface area (Å²) in [7, 11) is 0.